The Kier molecular flexibility index (Phi) is 8.36. The zero-order chi connectivity index (χ0) is 39.9. The zero-order valence-electron chi connectivity index (χ0n) is 31.8. The third-order valence-electron chi connectivity index (χ3n) is 11.7. The first kappa shape index (κ1) is 35.7. The summed E-state index contributed by atoms with van der Waals surface area (Å²) in [6.07, 6.45) is 0. The molecule has 0 aliphatic carbocycles. The molecule has 2 nitrogen and oxygen atoms in total. The fourth-order valence-corrected chi connectivity index (χ4v) is 10.1. The molecule has 0 bridgehead atoms. The lowest BCUT2D eigenvalue weighted by molar-refractivity contribution is 1.10. The van der Waals surface area contributed by atoms with Crippen LogP contribution in [0, 0.1) is 0 Å². The molecule has 11 rings (SSSR count). The third-order valence-corrected chi connectivity index (χ3v) is 12.8. The third kappa shape index (κ3) is 5.50. The van der Waals surface area contributed by atoms with Gasteiger partial charge in [0.25, 0.3) is 0 Å². The summed E-state index contributed by atoms with van der Waals surface area (Å²) in [6, 6.07) is 57.8. The van der Waals surface area contributed by atoms with E-state index >= 15 is 0 Å². The molecule has 0 atom stereocenters. The summed E-state index contributed by atoms with van der Waals surface area (Å²) in [5.74, 6) is 0.881. The highest BCUT2D eigenvalue weighted by atomic mass is 32.1. The van der Waals surface area contributed by atoms with Crippen molar-refractivity contribution in [2.75, 3.05) is 0 Å². The van der Waals surface area contributed by atoms with Crippen LogP contribution in [0.15, 0.2) is 164 Å². The number of imidazole rings is 1. The molecule has 0 aliphatic heterocycles. The number of fused-ring (bicyclic) bond motifs is 6. The Balaban J connectivity index is 1.25. The maximum absolute atomic E-state index is 6.72. The van der Waals surface area contributed by atoms with Crippen molar-refractivity contribution in [1.29, 1.82) is 0 Å². The average Bonchev–Trinajstić information content (AvgIpc) is 3.87. The predicted molar refractivity (Wildman–Crippen MR) is 258 cm³/mol. The van der Waals surface area contributed by atoms with Gasteiger partial charge in [-0.3, -0.25) is 4.57 Å². The van der Waals surface area contributed by atoms with Crippen molar-refractivity contribution in [3.05, 3.63) is 164 Å². The van der Waals surface area contributed by atoms with E-state index in [4.69, 9.17) is 44.2 Å². The molecule has 262 valence electrons. The van der Waals surface area contributed by atoms with Crippen LogP contribution in [0.3, 0.4) is 0 Å². The monoisotopic (exact) mass is 754 g/mol. The van der Waals surface area contributed by atoms with E-state index in [1.807, 2.05) is 23.5 Å². The van der Waals surface area contributed by atoms with Gasteiger partial charge in [-0.15, -0.1) is 27.7 Å². The SMILES string of the molecule is [B]c1c([B])c([B])c(-c2ccc3c(-c4cccc(-n5c(-c6ccccc6)nc6ccccc65)c4)c4ccccc4c(-c4cccc5sc6ccccc6c45)c3c2)c([B])c1[B]. The quantitative estimate of drug-likeness (QED) is 0.128. The number of thiophene rings is 1. The average molecular weight is 754 g/mol. The Morgan fingerprint density at radius 3 is 1.80 bits per heavy atom. The summed E-state index contributed by atoms with van der Waals surface area (Å²) in [5.41, 5.74) is 11.1. The van der Waals surface area contributed by atoms with Gasteiger partial charge in [0.2, 0.25) is 0 Å². The fourth-order valence-electron chi connectivity index (χ4n) is 8.95. The van der Waals surface area contributed by atoms with Crippen molar-refractivity contribution < 1.29 is 0 Å². The van der Waals surface area contributed by atoms with Crippen LogP contribution in [-0.4, -0.2) is 48.8 Å². The summed E-state index contributed by atoms with van der Waals surface area (Å²) in [4.78, 5) is 5.14. The van der Waals surface area contributed by atoms with Crippen molar-refractivity contribution in [1.82, 2.24) is 9.55 Å². The van der Waals surface area contributed by atoms with Crippen molar-refractivity contribution in [3.63, 3.8) is 0 Å². The van der Waals surface area contributed by atoms with Crippen molar-refractivity contribution in [3.8, 4) is 50.5 Å². The Morgan fingerprint density at radius 2 is 1.00 bits per heavy atom. The molecule has 2 aromatic heterocycles. The second kappa shape index (κ2) is 13.8. The molecule has 11 aromatic rings. The van der Waals surface area contributed by atoms with Gasteiger partial charge in [-0.1, -0.05) is 132 Å². The van der Waals surface area contributed by atoms with Gasteiger partial charge < -0.3 is 0 Å². The highest BCUT2D eigenvalue weighted by Crippen LogP contribution is 2.48. The first-order valence-corrected chi connectivity index (χ1v) is 20.2. The van der Waals surface area contributed by atoms with Gasteiger partial charge in [0, 0.05) is 31.4 Å². The summed E-state index contributed by atoms with van der Waals surface area (Å²) >= 11 is 1.81. The van der Waals surface area contributed by atoms with Gasteiger partial charge >= 0.3 is 0 Å². The van der Waals surface area contributed by atoms with Gasteiger partial charge in [0.1, 0.15) is 45.1 Å². The van der Waals surface area contributed by atoms with Gasteiger partial charge in [-0.25, -0.2) is 4.98 Å². The minimum Gasteiger partial charge on any atom is -0.292 e. The predicted octanol–water partition coefficient (Wildman–Crippen LogP) is 8.34. The molecule has 0 amide bonds. The Morgan fingerprint density at radius 1 is 0.407 bits per heavy atom. The van der Waals surface area contributed by atoms with E-state index in [2.05, 4.69) is 156 Å². The van der Waals surface area contributed by atoms with E-state index < -0.39 is 0 Å². The summed E-state index contributed by atoms with van der Waals surface area (Å²) < 4.78 is 4.73. The van der Waals surface area contributed by atoms with E-state index in [0.29, 0.717) is 16.5 Å². The van der Waals surface area contributed by atoms with Crippen LogP contribution in [0.25, 0.3) is 103 Å². The molecule has 0 saturated heterocycles. The maximum Gasteiger partial charge on any atom is 0.145 e. The number of para-hydroxylation sites is 2. The second-order valence-corrected chi connectivity index (χ2v) is 16.0. The first-order chi connectivity index (χ1) is 28.9. The second-order valence-electron chi connectivity index (χ2n) is 15.0. The number of hydrogen-bond acceptors (Lipinski definition) is 2. The molecule has 9 aromatic carbocycles. The van der Waals surface area contributed by atoms with Crippen LogP contribution in [0.5, 0.6) is 0 Å². The lowest BCUT2D eigenvalue weighted by Gasteiger charge is -2.23. The molecule has 0 unspecified atom stereocenters. The van der Waals surface area contributed by atoms with Crippen LogP contribution >= 0.6 is 11.3 Å². The van der Waals surface area contributed by atoms with Crippen molar-refractivity contribution >= 4 is 131 Å². The number of nitrogens with zero attached hydrogens (tertiary/aromatic N) is 2. The standard InChI is InChI=1S/C51H27B5N2S/c52-46-43(47(53)49(55)50(56)48(46)54)30-24-25-34-37(27-30)44(36-19-11-23-41-45(36)35-18-6-9-22-40(35)59-41)33-17-5-4-16-32(33)42(34)29-14-10-15-31(26-29)58-39-21-8-7-20-38(39)57-51(58)28-12-2-1-3-13-28/h1-27H. The molecule has 10 radical (unpaired) electrons. The lowest BCUT2D eigenvalue weighted by atomic mass is 9.59. The van der Waals surface area contributed by atoms with E-state index in [0.717, 1.165) is 77.5 Å². The Hall–Kier alpha value is -6.49. The highest BCUT2D eigenvalue weighted by Gasteiger charge is 2.22. The minimum absolute atomic E-state index is 0.190. The van der Waals surface area contributed by atoms with Gasteiger partial charge in [0.05, 0.1) is 11.0 Å². The normalized spacial score (nSPS) is 11.7. The molecule has 0 N–H and O–H groups in total. The van der Waals surface area contributed by atoms with Crippen LogP contribution in [0.4, 0.5) is 0 Å². The Labute approximate surface area is 352 Å². The number of benzene rings is 9. The molecule has 0 spiro atoms. The van der Waals surface area contributed by atoms with Gasteiger partial charge in [-0.2, -0.15) is 0 Å². The van der Waals surface area contributed by atoms with E-state index in [1.165, 1.54) is 20.2 Å². The molecular weight excluding hydrogens is 727 g/mol. The van der Waals surface area contributed by atoms with Crippen LogP contribution in [0.2, 0.25) is 0 Å². The summed E-state index contributed by atoms with van der Waals surface area (Å²) in [6.45, 7) is 0. The van der Waals surface area contributed by atoms with E-state index in [1.54, 1.807) is 0 Å². The molecule has 2 heterocycles. The van der Waals surface area contributed by atoms with Gasteiger partial charge in [-0.05, 0) is 97.4 Å². The summed E-state index contributed by atoms with van der Waals surface area (Å²) in [7, 11) is 32.6. The molecule has 59 heavy (non-hydrogen) atoms. The first-order valence-electron chi connectivity index (χ1n) is 19.4. The molecule has 0 saturated carbocycles. The largest absolute Gasteiger partial charge is 0.292 e. The maximum atomic E-state index is 6.72. The fraction of sp³-hybridized carbons (Fsp3) is 0. The van der Waals surface area contributed by atoms with Gasteiger partial charge in [0.15, 0.2) is 0 Å². The molecular formula is C51H27B5N2S. The number of hydrogen-bond donors (Lipinski definition) is 0. The molecule has 0 aliphatic rings. The zero-order valence-corrected chi connectivity index (χ0v) is 32.6. The van der Waals surface area contributed by atoms with Crippen molar-refractivity contribution in [2.24, 2.45) is 0 Å². The lowest BCUT2D eigenvalue weighted by Crippen LogP contribution is -2.55. The van der Waals surface area contributed by atoms with Crippen molar-refractivity contribution in [2.45, 2.75) is 0 Å². The van der Waals surface area contributed by atoms with E-state index in [-0.39, 0.29) is 16.4 Å². The Bertz CT molecular complexity index is 3490. The molecule has 8 heteroatoms. The summed E-state index contributed by atoms with van der Waals surface area (Å²) in [5, 5.41) is 6.81. The van der Waals surface area contributed by atoms with Crippen LogP contribution in [-0.2, 0) is 0 Å². The van der Waals surface area contributed by atoms with Crippen LogP contribution in [0.1, 0.15) is 0 Å². The molecule has 0 fully saturated rings. The van der Waals surface area contributed by atoms with Crippen LogP contribution < -0.4 is 27.3 Å². The minimum atomic E-state index is 0.190. The number of aromatic nitrogens is 2. The van der Waals surface area contributed by atoms with E-state index in [9.17, 15) is 0 Å². The topological polar surface area (TPSA) is 17.8 Å². The smallest absolute Gasteiger partial charge is 0.145 e. The number of rotatable bonds is 5. The highest BCUT2D eigenvalue weighted by molar-refractivity contribution is 7.26.